The van der Waals surface area contributed by atoms with E-state index in [-0.39, 0.29) is 30.5 Å². The highest BCUT2D eigenvalue weighted by atomic mass is 16.3. The van der Waals surface area contributed by atoms with Gasteiger partial charge in [-0.2, -0.15) is 0 Å². The Bertz CT molecular complexity index is 513. The van der Waals surface area contributed by atoms with Crippen LogP contribution in [0.5, 0.6) is 11.8 Å². The normalized spacial score (nSPS) is 12.5. The highest BCUT2D eigenvalue weighted by Crippen LogP contribution is 2.28. The molecule has 0 fully saturated rings. The highest BCUT2D eigenvalue weighted by Gasteiger charge is 2.24. The number of carbonyl (C=O) groups excluding carboxylic acids is 1. The highest BCUT2D eigenvalue weighted by molar-refractivity contribution is 5.85. The summed E-state index contributed by atoms with van der Waals surface area (Å²) in [7, 11) is 0. The first-order valence-corrected chi connectivity index (χ1v) is 5.42. The Balaban J connectivity index is 2.34. The number of aromatic hydroxyl groups is 2. The zero-order chi connectivity index (χ0) is 13.1. The van der Waals surface area contributed by atoms with Gasteiger partial charge < -0.3 is 20.9 Å². The molecule has 2 rings (SSSR count). The molecular formula is C11H14N4O3. The van der Waals surface area contributed by atoms with Crippen LogP contribution in [0.15, 0.2) is 24.7 Å². The molecule has 2 aromatic rings. The molecule has 0 aromatic carbocycles. The van der Waals surface area contributed by atoms with E-state index < -0.39 is 6.04 Å². The molecule has 0 amide bonds. The summed E-state index contributed by atoms with van der Waals surface area (Å²) in [5.74, 6) is -0.649. The average Bonchev–Trinajstić information content (AvgIpc) is 2.97. The number of nitrogens with two attached hydrogens (primary N) is 1. The molecule has 96 valence electrons. The van der Waals surface area contributed by atoms with Crippen LogP contribution < -0.4 is 5.73 Å². The second kappa shape index (κ2) is 4.92. The van der Waals surface area contributed by atoms with E-state index in [9.17, 15) is 15.0 Å². The summed E-state index contributed by atoms with van der Waals surface area (Å²) >= 11 is 0. The van der Waals surface area contributed by atoms with Crippen LogP contribution in [-0.4, -0.2) is 37.1 Å². The number of nitrogens with one attached hydrogen (secondary N) is 1. The number of Topliss-reactive ketones (excluding diaryl/α,β-unsaturated/α-hetero) is 1. The maximum absolute atomic E-state index is 11.8. The minimum atomic E-state index is -0.759. The number of aromatic amines is 1. The lowest BCUT2D eigenvalue weighted by molar-refractivity contribution is -0.121. The van der Waals surface area contributed by atoms with Crippen LogP contribution in [0, 0.1) is 0 Å². The molecule has 0 saturated carbocycles. The molecule has 0 bridgehead atoms. The minimum absolute atomic E-state index is 0.171. The smallest absolute Gasteiger partial charge is 0.194 e. The van der Waals surface area contributed by atoms with Gasteiger partial charge in [-0.3, -0.25) is 9.36 Å². The molecule has 1 atom stereocenters. The van der Waals surface area contributed by atoms with Gasteiger partial charge >= 0.3 is 0 Å². The van der Waals surface area contributed by atoms with Crippen molar-refractivity contribution in [3.8, 4) is 11.8 Å². The lowest BCUT2D eigenvalue weighted by Gasteiger charge is -2.18. The van der Waals surface area contributed by atoms with E-state index in [0.29, 0.717) is 5.69 Å². The Morgan fingerprint density at radius 2 is 2.11 bits per heavy atom. The molecule has 0 aliphatic carbocycles. The van der Waals surface area contributed by atoms with Crippen LogP contribution in [0.25, 0.3) is 0 Å². The van der Waals surface area contributed by atoms with Gasteiger partial charge in [0.1, 0.15) is 6.04 Å². The monoisotopic (exact) mass is 250 g/mol. The molecule has 2 aromatic heterocycles. The van der Waals surface area contributed by atoms with Gasteiger partial charge in [0.2, 0.25) is 0 Å². The quantitative estimate of drug-likeness (QED) is 0.592. The van der Waals surface area contributed by atoms with Gasteiger partial charge in [-0.15, -0.1) is 0 Å². The van der Waals surface area contributed by atoms with Gasteiger partial charge in [-0.1, -0.05) is 0 Å². The van der Waals surface area contributed by atoms with Crippen LogP contribution in [0.2, 0.25) is 0 Å². The van der Waals surface area contributed by atoms with Crippen molar-refractivity contribution in [2.45, 2.75) is 12.5 Å². The van der Waals surface area contributed by atoms with Crippen molar-refractivity contribution in [2.24, 2.45) is 5.73 Å². The third-order valence-electron chi connectivity index (χ3n) is 2.73. The van der Waals surface area contributed by atoms with Gasteiger partial charge in [-0.25, -0.2) is 4.98 Å². The Kier molecular flexibility index (Phi) is 3.33. The predicted molar refractivity (Wildman–Crippen MR) is 63.2 cm³/mol. The largest absolute Gasteiger partial charge is 0.494 e. The molecule has 0 spiro atoms. The number of carbonyl (C=O) groups is 1. The Morgan fingerprint density at radius 3 is 2.61 bits per heavy atom. The van der Waals surface area contributed by atoms with E-state index in [4.69, 9.17) is 5.73 Å². The number of aromatic nitrogens is 3. The Morgan fingerprint density at radius 1 is 1.44 bits per heavy atom. The molecule has 7 nitrogen and oxygen atoms in total. The van der Waals surface area contributed by atoms with Crippen LogP contribution in [0.3, 0.4) is 0 Å². The van der Waals surface area contributed by atoms with Crippen molar-refractivity contribution in [3.05, 3.63) is 30.4 Å². The van der Waals surface area contributed by atoms with Crippen LogP contribution in [-0.2, 0) is 11.2 Å². The molecule has 7 heteroatoms. The maximum atomic E-state index is 11.8. The second-order valence-corrected chi connectivity index (χ2v) is 3.89. The Hall–Kier alpha value is -2.28. The van der Waals surface area contributed by atoms with Gasteiger partial charge in [0.05, 0.1) is 12.9 Å². The molecular weight excluding hydrogens is 236 g/mol. The minimum Gasteiger partial charge on any atom is -0.494 e. The summed E-state index contributed by atoms with van der Waals surface area (Å²) in [4.78, 5) is 18.6. The van der Waals surface area contributed by atoms with Crippen molar-refractivity contribution in [1.29, 1.82) is 0 Å². The summed E-state index contributed by atoms with van der Waals surface area (Å²) in [6.45, 7) is -0.171. The summed E-state index contributed by atoms with van der Waals surface area (Å²) < 4.78 is 1.15. The summed E-state index contributed by atoms with van der Waals surface area (Å²) in [6.07, 6.45) is 3.34. The molecule has 1 unspecified atom stereocenters. The number of imidazole rings is 1. The average molecular weight is 250 g/mol. The molecule has 0 radical (unpaired) electrons. The number of nitrogens with zero attached hydrogens (tertiary/aromatic N) is 2. The SMILES string of the molecule is NCC(=O)C(Cc1cnc[nH]1)n1c(O)ccc1O. The zero-order valence-electron chi connectivity index (χ0n) is 9.58. The van der Waals surface area contributed by atoms with E-state index >= 15 is 0 Å². The van der Waals surface area contributed by atoms with Gasteiger partial charge in [0.15, 0.2) is 17.5 Å². The molecule has 0 aliphatic rings. The first-order chi connectivity index (χ1) is 8.63. The number of hydrogen-bond acceptors (Lipinski definition) is 5. The van der Waals surface area contributed by atoms with E-state index in [1.165, 1.54) is 18.5 Å². The lowest BCUT2D eigenvalue weighted by Crippen LogP contribution is -2.27. The van der Waals surface area contributed by atoms with Crippen molar-refractivity contribution in [3.63, 3.8) is 0 Å². The molecule has 0 saturated heterocycles. The van der Waals surface area contributed by atoms with Crippen molar-refractivity contribution in [1.82, 2.24) is 14.5 Å². The first kappa shape index (κ1) is 12.2. The molecule has 0 aliphatic heterocycles. The van der Waals surface area contributed by atoms with Gasteiger partial charge in [0.25, 0.3) is 0 Å². The van der Waals surface area contributed by atoms with Crippen molar-refractivity contribution < 1.29 is 15.0 Å². The number of ketones is 1. The fraction of sp³-hybridized carbons (Fsp3) is 0.273. The first-order valence-electron chi connectivity index (χ1n) is 5.42. The fourth-order valence-corrected chi connectivity index (χ4v) is 1.84. The lowest BCUT2D eigenvalue weighted by atomic mass is 10.1. The van der Waals surface area contributed by atoms with Gasteiger partial charge in [-0.05, 0) is 0 Å². The van der Waals surface area contributed by atoms with Crippen LogP contribution >= 0.6 is 0 Å². The third kappa shape index (κ3) is 2.21. The summed E-state index contributed by atoms with van der Waals surface area (Å²) in [6, 6.07) is 1.88. The third-order valence-corrected chi connectivity index (χ3v) is 2.73. The summed E-state index contributed by atoms with van der Waals surface area (Å²) in [5.41, 5.74) is 6.07. The van der Waals surface area contributed by atoms with Crippen molar-refractivity contribution in [2.75, 3.05) is 6.54 Å². The molecule has 5 N–H and O–H groups in total. The Labute approximate surface area is 103 Å². The van der Waals surface area contributed by atoms with Crippen LogP contribution in [0.1, 0.15) is 11.7 Å². The number of rotatable bonds is 5. The van der Waals surface area contributed by atoms with Gasteiger partial charge in [0, 0.05) is 30.4 Å². The second-order valence-electron chi connectivity index (χ2n) is 3.89. The zero-order valence-corrected chi connectivity index (χ0v) is 9.58. The fourth-order valence-electron chi connectivity index (χ4n) is 1.84. The van der Waals surface area contributed by atoms with E-state index in [0.717, 1.165) is 4.57 Å². The molecule has 2 heterocycles. The summed E-state index contributed by atoms with van der Waals surface area (Å²) in [5, 5.41) is 19.3. The number of H-pyrrole nitrogens is 1. The molecule has 18 heavy (non-hydrogen) atoms. The van der Waals surface area contributed by atoms with Crippen molar-refractivity contribution >= 4 is 5.78 Å². The standard InChI is InChI=1S/C11H14N4O3/c12-4-9(16)8(3-7-5-13-6-14-7)15-10(17)1-2-11(15)18/h1-2,5-6,8,17-18H,3-4,12H2,(H,13,14). The predicted octanol–water partition coefficient (Wildman–Crippen LogP) is -0.0660. The number of hydrogen-bond donors (Lipinski definition) is 4. The van der Waals surface area contributed by atoms with E-state index in [1.807, 2.05) is 0 Å². The topological polar surface area (TPSA) is 117 Å². The van der Waals surface area contributed by atoms with Crippen LogP contribution in [0.4, 0.5) is 0 Å². The van der Waals surface area contributed by atoms with E-state index in [2.05, 4.69) is 9.97 Å². The van der Waals surface area contributed by atoms with E-state index in [1.54, 1.807) is 6.20 Å². The maximum Gasteiger partial charge on any atom is 0.194 e.